The Morgan fingerprint density at radius 1 is 1.57 bits per heavy atom. The van der Waals surface area contributed by atoms with Crippen molar-refractivity contribution in [3.8, 4) is 0 Å². The number of nitrogens with zero attached hydrogens (tertiary/aromatic N) is 3. The summed E-state index contributed by atoms with van der Waals surface area (Å²) in [5.41, 5.74) is 0.782. The first-order chi connectivity index (χ1) is 11.0. The molecule has 1 aromatic heterocycles. The summed E-state index contributed by atoms with van der Waals surface area (Å²) in [6, 6.07) is 3.03. The van der Waals surface area contributed by atoms with Crippen molar-refractivity contribution in [1.29, 1.82) is 0 Å². The molecule has 0 aliphatic carbocycles. The lowest BCUT2D eigenvalue weighted by Gasteiger charge is -2.33. The second kappa shape index (κ2) is 7.94. The number of hydrogen-bond donors (Lipinski definition) is 1. The highest BCUT2D eigenvalue weighted by molar-refractivity contribution is 5.99. The zero-order valence-corrected chi connectivity index (χ0v) is 14.2. The summed E-state index contributed by atoms with van der Waals surface area (Å²) in [4.78, 5) is 32.3. The first-order valence-corrected chi connectivity index (χ1v) is 8.26. The molecule has 1 saturated heterocycles. The van der Waals surface area contributed by atoms with Crippen LogP contribution in [0.25, 0.3) is 0 Å². The molecular formula is C17H26N4O2. The van der Waals surface area contributed by atoms with Crippen molar-refractivity contribution < 1.29 is 9.59 Å². The Hall–Kier alpha value is -2.11. The van der Waals surface area contributed by atoms with Gasteiger partial charge in [-0.25, -0.2) is 4.79 Å². The fraction of sp³-hybridized carbons (Fsp3) is 0.588. The lowest BCUT2D eigenvalue weighted by Crippen LogP contribution is -2.55. The van der Waals surface area contributed by atoms with Crippen LogP contribution in [0.2, 0.25) is 0 Å². The van der Waals surface area contributed by atoms with E-state index in [-0.39, 0.29) is 11.9 Å². The molecular weight excluding hydrogens is 292 g/mol. The third-order valence-electron chi connectivity index (χ3n) is 4.32. The molecule has 1 aliphatic rings. The van der Waals surface area contributed by atoms with E-state index in [2.05, 4.69) is 24.1 Å². The van der Waals surface area contributed by atoms with Gasteiger partial charge in [0, 0.05) is 26.3 Å². The molecule has 1 N–H and O–H groups in total. The van der Waals surface area contributed by atoms with Crippen molar-refractivity contribution in [2.75, 3.05) is 25.0 Å². The molecule has 2 heterocycles. The summed E-state index contributed by atoms with van der Waals surface area (Å²) >= 11 is 0. The van der Waals surface area contributed by atoms with E-state index in [9.17, 15) is 9.59 Å². The minimum absolute atomic E-state index is 0.0606. The van der Waals surface area contributed by atoms with Gasteiger partial charge in [-0.15, -0.1) is 0 Å². The van der Waals surface area contributed by atoms with Crippen LogP contribution in [0.1, 0.15) is 33.1 Å². The van der Waals surface area contributed by atoms with Gasteiger partial charge in [0.1, 0.15) is 6.04 Å². The molecule has 2 rings (SSSR count). The maximum atomic E-state index is 12.6. The fourth-order valence-corrected chi connectivity index (χ4v) is 2.72. The number of anilines is 1. The van der Waals surface area contributed by atoms with Crippen molar-refractivity contribution in [2.45, 2.75) is 39.2 Å². The smallest absolute Gasteiger partial charge is 0.317 e. The number of urea groups is 1. The van der Waals surface area contributed by atoms with E-state index in [1.165, 1.54) is 0 Å². The molecule has 1 aliphatic heterocycles. The lowest BCUT2D eigenvalue weighted by atomic mass is 10.0. The Morgan fingerprint density at radius 3 is 3.00 bits per heavy atom. The zero-order chi connectivity index (χ0) is 16.8. The van der Waals surface area contributed by atoms with Gasteiger partial charge >= 0.3 is 6.03 Å². The van der Waals surface area contributed by atoms with Gasteiger partial charge in [-0.1, -0.05) is 20.3 Å². The highest BCUT2D eigenvalue weighted by atomic mass is 16.2. The maximum Gasteiger partial charge on any atom is 0.317 e. The highest BCUT2D eigenvalue weighted by Crippen LogP contribution is 2.20. The van der Waals surface area contributed by atoms with Gasteiger partial charge in [0.2, 0.25) is 5.91 Å². The van der Waals surface area contributed by atoms with Gasteiger partial charge in [-0.2, -0.15) is 0 Å². The van der Waals surface area contributed by atoms with Gasteiger partial charge < -0.3 is 15.1 Å². The van der Waals surface area contributed by atoms with Gasteiger partial charge in [0.25, 0.3) is 0 Å². The Kier molecular flexibility index (Phi) is 5.96. The van der Waals surface area contributed by atoms with Crippen molar-refractivity contribution in [1.82, 2.24) is 15.2 Å². The number of hydrogen-bond acceptors (Lipinski definition) is 3. The van der Waals surface area contributed by atoms with Crippen molar-refractivity contribution in [3.63, 3.8) is 0 Å². The van der Waals surface area contributed by atoms with Gasteiger partial charge in [0.05, 0.1) is 11.9 Å². The first-order valence-electron chi connectivity index (χ1n) is 8.26. The molecule has 0 aromatic carbocycles. The van der Waals surface area contributed by atoms with Crippen molar-refractivity contribution in [3.05, 3.63) is 24.5 Å². The fourth-order valence-electron chi connectivity index (χ4n) is 2.72. The van der Waals surface area contributed by atoms with Gasteiger partial charge in [-0.3, -0.25) is 9.78 Å². The molecule has 0 radical (unpaired) electrons. The summed E-state index contributed by atoms with van der Waals surface area (Å²) in [5.74, 6) is 0.384. The molecule has 3 amide bonds. The van der Waals surface area contributed by atoms with E-state index in [1.54, 1.807) is 29.2 Å². The largest absolute Gasteiger partial charge is 0.328 e. The Labute approximate surface area is 137 Å². The molecule has 0 bridgehead atoms. The van der Waals surface area contributed by atoms with Crippen LogP contribution in [0, 0.1) is 5.92 Å². The van der Waals surface area contributed by atoms with Crippen LogP contribution >= 0.6 is 0 Å². The molecule has 6 nitrogen and oxygen atoms in total. The van der Waals surface area contributed by atoms with E-state index in [4.69, 9.17) is 0 Å². The topological polar surface area (TPSA) is 65.5 Å². The monoisotopic (exact) mass is 318 g/mol. The molecule has 2 atom stereocenters. The number of carbonyl (C=O) groups is 2. The minimum Gasteiger partial charge on any atom is -0.328 e. The van der Waals surface area contributed by atoms with E-state index in [1.807, 2.05) is 12.1 Å². The molecule has 126 valence electrons. The summed E-state index contributed by atoms with van der Waals surface area (Å²) < 4.78 is 0. The Morgan fingerprint density at radius 2 is 2.35 bits per heavy atom. The van der Waals surface area contributed by atoms with Crippen LogP contribution in [-0.2, 0) is 4.79 Å². The summed E-state index contributed by atoms with van der Waals surface area (Å²) in [7, 11) is 1.77. The minimum atomic E-state index is -0.462. The molecule has 1 aromatic rings. The standard InChI is InChI=1S/C17H26N4O2/c1-4-13(2)12-20(3)17(23)19-15-8-6-10-21(16(15)22)14-7-5-9-18-11-14/h5,7,9,11,13,15H,4,6,8,10,12H2,1-3H3,(H,19,23). The van der Waals surface area contributed by atoms with E-state index < -0.39 is 6.04 Å². The number of nitrogens with one attached hydrogen (secondary N) is 1. The Balaban J connectivity index is 1.97. The average molecular weight is 318 g/mol. The predicted octanol–water partition coefficient (Wildman–Crippen LogP) is 2.26. The van der Waals surface area contributed by atoms with Crippen LogP contribution < -0.4 is 10.2 Å². The normalized spacial score (nSPS) is 19.3. The molecule has 0 spiro atoms. The molecule has 23 heavy (non-hydrogen) atoms. The second-order valence-corrected chi connectivity index (χ2v) is 6.24. The van der Waals surface area contributed by atoms with Crippen LogP contribution in [0.3, 0.4) is 0 Å². The highest BCUT2D eigenvalue weighted by Gasteiger charge is 2.31. The third-order valence-corrected chi connectivity index (χ3v) is 4.32. The zero-order valence-electron chi connectivity index (χ0n) is 14.2. The number of aromatic nitrogens is 1. The SMILES string of the molecule is CCC(C)CN(C)C(=O)NC1CCCN(c2cccnc2)C1=O. The molecule has 1 fully saturated rings. The van der Waals surface area contributed by atoms with Crippen LogP contribution in [-0.4, -0.2) is 48.0 Å². The number of amides is 3. The molecule has 2 unspecified atom stereocenters. The first kappa shape index (κ1) is 17.2. The quantitative estimate of drug-likeness (QED) is 0.905. The van der Waals surface area contributed by atoms with Crippen molar-refractivity contribution >= 4 is 17.6 Å². The molecule has 0 saturated carbocycles. The number of rotatable bonds is 5. The van der Waals surface area contributed by atoms with Crippen molar-refractivity contribution in [2.24, 2.45) is 5.92 Å². The van der Waals surface area contributed by atoms with Crippen LogP contribution in [0.15, 0.2) is 24.5 Å². The predicted molar refractivity (Wildman–Crippen MR) is 90.2 cm³/mol. The summed E-state index contributed by atoms with van der Waals surface area (Å²) in [6.45, 7) is 5.57. The van der Waals surface area contributed by atoms with E-state index in [0.717, 1.165) is 18.5 Å². The number of pyridine rings is 1. The second-order valence-electron chi connectivity index (χ2n) is 6.24. The maximum absolute atomic E-state index is 12.6. The third kappa shape index (κ3) is 4.43. The van der Waals surface area contributed by atoms with Gasteiger partial charge in [0.15, 0.2) is 0 Å². The Bertz CT molecular complexity index is 535. The number of piperidine rings is 1. The van der Waals surface area contributed by atoms with Crippen LogP contribution in [0.5, 0.6) is 0 Å². The summed E-state index contributed by atoms with van der Waals surface area (Å²) in [6.07, 6.45) is 5.92. The number of carbonyl (C=O) groups excluding carboxylic acids is 2. The van der Waals surface area contributed by atoms with Crippen LogP contribution in [0.4, 0.5) is 10.5 Å². The van der Waals surface area contributed by atoms with E-state index >= 15 is 0 Å². The summed E-state index contributed by atoms with van der Waals surface area (Å²) in [5, 5.41) is 2.87. The molecule has 6 heteroatoms. The van der Waals surface area contributed by atoms with E-state index in [0.29, 0.717) is 25.4 Å². The lowest BCUT2D eigenvalue weighted by molar-refractivity contribution is -0.121. The average Bonchev–Trinajstić information content (AvgIpc) is 2.57. The van der Waals surface area contributed by atoms with Gasteiger partial charge in [-0.05, 0) is 30.9 Å².